The molecule has 2 N–H and O–H groups in total. The summed E-state index contributed by atoms with van der Waals surface area (Å²) in [4.78, 5) is 16.7. The van der Waals surface area contributed by atoms with Crippen molar-refractivity contribution < 1.29 is 13.6 Å². The van der Waals surface area contributed by atoms with E-state index in [0.29, 0.717) is 23.5 Å². The molecule has 4 rings (SSSR count). The summed E-state index contributed by atoms with van der Waals surface area (Å²) in [5.41, 5.74) is 2.41. The SMILES string of the molecule is O=C(NCc1ccncc1)c1ccc(Nc2cc(F)cc(F)c2)c2ccccc12. The number of aromatic nitrogens is 1. The molecule has 0 aliphatic carbocycles. The van der Waals surface area contributed by atoms with Crippen molar-refractivity contribution in [3.05, 3.63) is 102 Å². The van der Waals surface area contributed by atoms with Gasteiger partial charge in [-0.2, -0.15) is 0 Å². The van der Waals surface area contributed by atoms with E-state index in [1.54, 1.807) is 24.5 Å². The highest BCUT2D eigenvalue weighted by molar-refractivity contribution is 6.10. The third-order valence-electron chi connectivity index (χ3n) is 4.51. The average molecular weight is 389 g/mol. The van der Waals surface area contributed by atoms with Crippen LogP contribution in [0.1, 0.15) is 15.9 Å². The number of nitrogens with one attached hydrogen (secondary N) is 2. The van der Waals surface area contributed by atoms with Gasteiger partial charge in [0.2, 0.25) is 0 Å². The number of carbonyl (C=O) groups excluding carboxylic acids is 1. The van der Waals surface area contributed by atoms with Gasteiger partial charge < -0.3 is 10.6 Å². The first-order chi connectivity index (χ1) is 14.1. The average Bonchev–Trinajstić information content (AvgIpc) is 2.72. The summed E-state index contributed by atoms with van der Waals surface area (Å²) in [6.07, 6.45) is 3.35. The van der Waals surface area contributed by atoms with Gasteiger partial charge in [-0.05, 0) is 47.3 Å². The van der Waals surface area contributed by atoms with Gasteiger partial charge >= 0.3 is 0 Å². The number of hydrogen-bond donors (Lipinski definition) is 2. The van der Waals surface area contributed by atoms with Crippen LogP contribution in [0.15, 0.2) is 79.1 Å². The molecule has 3 aromatic carbocycles. The first-order valence-electron chi connectivity index (χ1n) is 9.02. The van der Waals surface area contributed by atoms with E-state index < -0.39 is 11.6 Å². The zero-order chi connectivity index (χ0) is 20.2. The summed E-state index contributed by atoms with van der Waals surface area (Å²) >= 11 is 0. The van der Waals surface area contributed by atoms with Crippen molar-refractivity contribution >= 4 is 28.1 Å². The molecular formula is C23H17F2N3O. The first kappa shape index (κ1) is 18.6. The van der Waals surface area contributed by atoms with Crippen LogP contribution in [-0.4, -0.2) is 10.9 Å². The van der Waals surface area contributed by atoms with E-state index in [9.17, 15) is 13.6 Å². The van der Waals surface area contributed by atoms with Gasteiger partial charge in [0, 0.05) is 47.3 Å². The highest BCUT2D eigenvalue weighted by atomic mass is 19.1. The maximum Gasteiger partial charge on any atom is 0.252 e. The number of benzene rings is 3. The minimum Gasteiger partial charge on any atom is -0.355 e. The maximum atomic E-state index is 13.5. The molecule has 0 spiro atoms. The zero-order valence-corrected chi connectivity index (χ0v) is 15.3. The minimum atomic E-state index is -0.663. The van der Waals surface area contributed by atoms with E-state index in [0.717, 1.165) is 22.4 Å². The molecule has 0 bridgehead atoms. The Labute approximate surface area is 166 Å². The Morgan fingerprint density at radius 2 is 1.55 bits per heavy atom. The van der Waals surface area contributed by atoms with Crippen LogP contribution < -0.4 is 10.6 Å². The smallest absolute Gasteiger partial charge is 0.252 e. The van der Waals surface area contributed by atoms with Crippen molar-refractivity contribution in [1.29, 1.82) is 0 Å². The zero-order valence-electron chi connectivity index (χ0n) is 15.3. The number of rotatable bonds is 5. The van der Waals surface area contributed by atoms with Gasteiger partial charge in [-0.15, -0.1) is 0 Å². The van der Waals surface area contributed by atoms with E-state index in [-0.39, 0.29) is 5.91 Å². The van der Waals surface area contributed by atoms with Crippen molar-refractivity contribution in [3.63, 3.8) is 0 Å². The normalized spacial score (nSPS) is 10.7. The quantitative estimate of drug-likeness (QED) is 0.494. The molecule has 1 amide bonds. The molecule has 0 aliphatic rings. The Hall–Kier alpha value is -3.80. The number of amides is 1. The van der Waals surface area contributed by atoms with Crippen molar-refractivity contribution in [1.82, 2.24) is 10.3 Å². The van der Waals surface area contributed by atoms with Crippen LogP contribution >= 0.6 is 0 Å². The lowest BCUT2D eigenvalue weighted by Gasteiger charge is -2.14. The molecule has 29 heavy (non-hydrogen) atoms. The highest BCUT2D eigenvalue weighted by Gasteiger charge is 2.13. The molecule has 0 atom stereocenters. The van der Waals surface area contributed by atoms with E-state index in [4.69, 9.17) is 0 Å². The van der Waals surface area contributed by atoms with E-state index in [1.807, 2.05) is 36.4 Å². The molecule has 0 radical (unpaired) electrons. The molecule has 4 aromatic rings. The summed E-state index contributed by atoms with van der Waals surface area (Å²) in [6, 6.07) is 17.7. The van der Waals surface area contributed by atoms with Crippen LogP contribution in [0.3, 0.4) is 0 Å². The lowest BCUT2D eigenvalue weighted by molar-refractivity contribution is 0.0952. The molecule has 144 valence electrons. The van der Waals surface area contributed by atoms with Crippen molar-refractivity contribution in [2.45, 2.75) is 6.54 Å². The molecule has 0 saturated carbocycles. The van der Waals surface area contributed by atoms with Crippen LogP contribution in [0.4, 0.5) is 20.2 Å². The van der Waals surface area contributed by atoms with Crippen LogP contribution in [0, 0.1) is 11.6 Å². The van der Waals surface area contributed by atoms with E-state index >= 15 is 0 Å². The lowest BCUT2D eigenvalue weighted by Crippen LogP contribution is -2.23. The molecule has 0 fully saturated rings. The third kappa shape index (κ3) is 4.21. The molecule has 0 aliphatic heterocycles. The summed E-state index contributed by atoms with van der Waals surface area (Å²) in [7, 11) is 0. The fourth-order valence-electron chi connectivity index (χ4n) is 3.17. The number of hydrogen-bond acceptors (Lipinski definition) is 3. The van der Waals surface area contributed by atoms with Crippen molar-refractivity contribution in [2.24, 2.45) is 0 Å². The fourth-order valence-corrected chi connectivity index (χ4v) is 3.17. The second kappa shape index (κ2) is 8.06. The Balaban J connectivity index is 1.63. The fraction of sp³-hybridized carbons (Fsp3) is 0.0435. The Bertz CT molecular complexity index is 1160. The van der Waals surface area contributed by atoms with Gasteiger partial charge in [-0.1, -0.05) is 24.3 Å². The topological polar surface area (TPSA) is 54.0 Å². The highest BCUT2D eigenvalue weighted by Crippen LogP contribution is 2.29. The molecule has 4 nitrogen and oxygen atoms in total. The molecule has 0 unspecified atom stereocenters. The number of pyridine rings is 1. The number of anilines is 2. The number of fused-ring (bicyclic) bond motifs is 1. The monoisotopic (exact) mass is 389 g/mol. The van der Waals surface area contributed by atoms with Crippen LogP contribution in [0.25, 0.3) is 10.8 Å². The lowest BCUT2D eigenvalue weighted by atomic mass is 10.0. The minimum absolute atomic E-state index is 0.207. The molecule has 6 heteroatoms. The summed E-state index contributed by atoms with van der Waals surface area (Å²) in [5, 5.41) is 7.45. The van der Waals surface area contributed by atoms with Gasteiger partial charge in [0.1, 0.15) is 11.6 Å². The van der Waals surface area contributed by atoms with Crippen LogP contribution in [-0.2, 0) is 6.54 Å². The van der Waals surface area contributed by atoms with E-state index in [2.05, 4.69) is 15.6 Å². The summed E-state index contributed by atoms with van der Waals surface area (Å²) in [6.45, 7) is 0.387. The number of carbonyl (C=O) groups is 1. The Morgan fingerprint density at radius 1 is 0.862 bits per heavy atom. The van der Waals surface area contributed by atoms with Gasteiger partial charge in [-0.25, -0.2) is 8.78 Å². The van der Waals surface area contributed by atoms with Gasteiger partial charge in [0.05, 0.1) is 0 Å². The van der Waals surface area contributed by atoms with Gasteiger partial charge in [0.25, 0.3) is 5.91 Å². The van der Waals surface area contributed by atoms with Crippen molar-refractivity contribution in [2.75, 3.05) is 5.32 Å². The Morgan fingerprint density at radius 3 is 2.28 bits per heavy atom. The summed E-state index contributed by atoms with van der Waals surface area (Å²) < 4.78 is 27.0. The standard InChI is InChI=1S/C23H17F2N3O/c24-16-11-17(25)13-18(12-16)28-22-6-5-21(19-3-1-2-4-20(19)22)23(29)27-14-15-7-9-26-10-8-15/h1-13,28H,14H2,(H,27,29). The maximum absolute atomic E-state index is 13.5. The van der Waals surface area contributed by atoms with Crippen LogP contribution in [0.2, 0.25) is 0 Å². The Kier molecular flexibility index (Phi) is 5.16. The number of nitrogens with zero attached hydrogens (tertiary/aromatic N) is 1. The third-order valence-corrected chi connectivity index (χ3v) is 4.51. The molecule has 1 heterocycles. The predicted octanol–water partition coefficient (Wildman–Crippen LogP) is 5.19. The van der Waals surface area contributed by atoms with Gasteiger partial charge in [0.15, 0.2) is 0 Å². The first-order valence-corrected chi connectivity index (χ1v) is 9.02. The summed E-state index contributed by atoms with van der Waals surface area (Å²) in [5.74, 6) is -1.53. The molecule has 1 aromatic heterocycles. The van der Waals surface area contributed by atoms with Crippen molar-refractivity contribution in [3.8, 4) is 0 Å². The molecular weight excluding hydrogens is 372 g/mol. The second-order valence-electron chi connectivity index (χ2n) is 6.53. The predicted molar refractivity (Wildman–Crippen MR) is 109 cm³/mol. The number of halogens is 2. The largest absolute Gasteiger partial charge is 0.355 e. The second-order valence-corrected chi connectivity index (χ2v) is 6.53. The van der Waals surface area contributed by atoms with Crippen LogP contribution in [0.5, 0.6) is 0 Å². The van der Waals surface area contributed by atoms with E-state index in [1.165, 1.54) is 12.1 Å². The molecule has 0 saturated heterocycles. The van der Waals surface area contributed by atoms with Gasteiger partial charge in [-0.3, -0.25) is 9.78 Å².